The zero-order valence-electron chi connectivity index (χ0n) is 13.2. The second-order valence-corrected chi connectivity index (χ2v) is 7.00. The summed E-state index contributed by atoms with van der Waals surface area (Å²) >= 11 is 0. The van der Waals surface area contributed by atoms with Crippen LogP contribution in [0.4, 0.5) is 17.6 Å². The van der Waals surface area contributed by atoms with Gasteiger partial charge in [-0.1, -0.05) is 6.92 Å². The van der Waals surface area contributed by atoms with Crippen molar-refractivity contribution in [1.82, 2.24) is 0 Å². The number of hydrogen-bond donors (Lipinski definition) is 0. The first-order valence-corrected chi connectivity index (χ1v) is 8.40. The van der Waals surface area contributed by atoms with E-state index in [1.807, 2.05) is 0 Å². The third kappa shape index (κ3) is 5.90. The Bertz CT molecular complexity index is 361. The molecule has 0 heterocycles. The lowest BCUT2D eigenvalue weighted by molar-refractivity contribution is -0.0822. The zero-order valence-corrected chi connectivity index (χ0v) is 13.2. The van der Waals surface area contributed by atoms with Crippen LogP contribution in [-0.2, 0) is 4.74 Å². The van der Waals surface area contributed by atoms with Gasteiger partial charge in [0.15, 0.2) is 0 Å². The fourth-order valence-corrected chi connectivity index (χ4v) is 3.55. The predicted octanol–water partition coefficient (Wildman–Crippen LogP) is 5.80. The molecule has 5 heteroatoms. The highest BCUT2D eigenvalue weighted by atomic mass is 19.4. The minimum atomic E-state index is -4.55. The number of halogens is 4. The molecular weight excluding hydrogens is 296 g/mol. The highest BCUT2D eigenvalue weighted by molar-refractivity contribution is 5.03. The van der Waals surface area contributed by atoms with Crippen molar-refractivity contribution in [2.24, 2.45) is 17.8 Å². The molecule has 2 rings (SSSR count). The Morgan fingerprint density at radius 1 is 1.00 bits per heavy atom. The summed E-state index contributed by atoms with van der Waals surface area (Å²) < 4.78 is 56.0. The van der Waals surface area contributed by atoms with Gasteiger partial charge in [-0.2, -0.15) is 13.2 Å². The molecular formula is C17H26F4O. The molecule has 0 atom stereocenters. The maximum atomic E-state index is 13.5. The van der Waals surface area contributed by atoms with Crippen molar-refractivity contribution >= 4 is 0 Å². The second kappa shape index (κ2) is 7.80. The van der Waals surface area contributed by atoms with Gasteiger partial charge in [-0.15, -0.1) is 0 Å². The summed E-state index contributed by atoms with van der Waals surface area (Å²) in [7, 11) is 0. The quantitative estimate of drug-likeness (QED) is 0.594. The van der Waals surface area contributed by atoms with Crippen molar-refractivity contribution in [2.75, 3.05) is 6.61 Å². The van der Waals surface area contributed by atoms with E-state index in [-0.39, 0.29) is 6.08 Å². The predicted molar refractivity (Wildman–Crippen MR) is 78.1 cm³/mol. The molecule has 0 spiro atoms. The molecule has 128 valence electrons. The topological polar surface area (TPSA) is 9.23 Å². The average Bonchev–Trinajstić information content (AvgIpc) is 2.45. The van der Waals surface area contributed by atoms with Crippen molar-refractivity contribution in [3.05, 3.63) is 11.9 Å². The van der Waals surface area contributed by atoms with Crippen molar-refractivity contribution in [3.63, 3.8) is 0 Å². The van der Waals surface area contributed by atoms with Crippen molar-refractivity contribution in [3.8, 4) is 0 Å². The number of alkyl halides is 3. The molecule has 0 aromatic heterocycles. The smallest absolute Gasteiger partial charge is 0.378 e. The van der Waals surface area contributed by atoms with E-state index in [0.29, 0.717) is 31.5 Å². The lowest BCUT2D eigenvalue weighted by Gasteiger charge is -2.31. The van der Waals surface area contributed by atoms with Crippen LogP contribution in [0.1, 0.15) is 58.3 Å². The summed E-state index contributed by atoms with van der Waals surface area (Å²) in [5.41, 5.74) is 0. The van der Waals surface area contributed by atoms with Crippen LogP contribution >= 0.6 is 0 Å². The Labute approximate surface area is 130 Å². The Kier molecular flexibility index (Phi) is 6.30. The molecule has 2 saturated carbocycles. The number of ether oxygens (including phenoxy) is 1. The Balaban J connectivity index is 1.68. The van der Waals surface area contributed by atoms with Gasteiger partial charge in [0.1, 0.15) is 5.83 Å². The minimum Gasteiger partial charge on any atom is -0.378 e. The molecule has 2 aliphatic carbocycles. The molecule has 0 radical (unpaired) electrons. The molecule has 1 nitrogen and oxygen atoms in total. The van der Waals surface area contributed by atoms with Crippen LogP contribution in [0.2, 0.25) is 0 Å². The molecule has 22 heavy (non-hydrogen) atoms. The molecule has 2 fully saturated rings. The number of rotatable bonds is 4. The third-order valence-corrected chi connectivity index (χ3v) is 5.07. The van der Waals surface area contributed by atoms with Crippen LogP contribution in [0.3, 0.4) is 0 Å². The van der Waals surface area contributed by atoms with Gasteiger partial charge in [0.2, 0.25) is 0 Å². The van der Waals surface area contributed by atoms with Gasteiger partial charge in [-0.05, 0) is 63.2 Å². The summed E-state index contributed by atoms with van der Waals surface area (Å²) in [6.45, 7) is 2.94. The van der Waals surface area contributed by atoms with Crippen LogP contribution < -0.4 is 0 Å². The molecule has 0 aromatic rings. The molecule has 0 unspecified atom stereocenters. The van der Waals surface area contributed by atoms with Gasteiger partial charge in [0.25, 0.3) is 0 Å². The maximum Gasteiger partial charge on any atom is 0.412 e. The minimum absolute atomic E-state index is 0.183. The largest absolute Gasteiger partial charge is 0.412 e. The third-order valence-electron chi connectivity index (χ3n) is 5.07. The van der Waals surface area contributed by atoms with E-state index in [9.17, 15) is 17.6 Å². The molecule has 0 bridgehead atoms. The fraction of sp³-hybridized carbons (Fsp3) is 0.882. The van der Waals surface area contributed by atoms with E-state index in [1.54, 1.807) is 0 Å². The van der Waals surface area contributed by atoms with E-state index in [1.165, 1.54) is 12.8 Å². The van der Waals surface area contributed by atoms with Crippen molar-refractivity contribution in [1.29, 1.82) is 0 Å². The van der Waals surface area contributed by atoms with Crippen LogP contribution in [-0.4, -0.2) is 18.9 Å². The first-order chi connectivity index (χ1) is 10.3. The van der Waals surface area contributed by atoms with Crippen LogP contribution in [0, 0.1) is 17.8 Å². The lowest BCUT2D eigenvalue weighted by Crippen LogP contribution is -2.25. The van der Waals surface area contributed by atoms with E-state index in [2.05, 4.69) is 6.92 Å². The van der Waals surface area contributed by atoms with E-state index >= 15 is 0 Å². The number of hydrogen-bond acceptors (Lipinski definition) is 1. The zero-order chi connectivity index (χ0) is 16.2. The Morgan fingerprint density at radius 3 is 2.14 bits per heavy atom. The summed E-state index contributed by atoms with van der Waals surface area (Å²) in [6.07, 6.45) is 2.76. The normalized spacial score (nSPS) is 34.7. The first-order valence-electron chi connectivity index (χ1n) is 8.40. The number of allylic oxidation sites excluding steroid dienone is 2. The molecule has 0 amide bonds. The van der Waals surface area contributed by atoms with Gasteiger partial charge in [0.05, 0.1) is 12.2 Å². The van der Waals surface area contributed by atoms with E-state index in [4.69, 9.17) is 4.74 Å². The summed E-state index contributed by atoms with van der Waals surface area (Å²) in [4.78, 5) is 0. The first kappa shape index (κ1) is 17.8. The monoisotopic (exact) mass is 322 g/mol. The van der Waals surface area contributed by atoms with Crippen LogP contribution in [0.15, 0.2) is 11.9 Å². The average molecular weight is 322 g/mol. The molecule has 0 aliphatic heterocycles. The standard InChI is InChI=1S/C17H26F4O/c1-12-2-8-15(9-3-12)22-11-13-4-6-14(7-5-13)16(18)10-17(19,20)21/h10,12-15H,2-9,11H2,1H3/b16-10-. The molecule has 2 aliphatic rings. The summed E-state index contributed by atoms with van der Waals surface area (Å²) in [6, 6.07) is 0. The molecule has 0 N–H and O–H groups in total. The van der Waals surface area contributed by atoms with Gasteiger partial charge >= 0.3 is 6.18 Å². The van der Waals surface area contributed by atoms with Gasteiger partial charge in [-0.25, -0.2) is 4.39 Å². The van der Waals surface area contributed by atoms with Crippen LogP contribution in [0.25, 0.3) is 0 Å². The molecule has 0 saturated heterocycles. The fourth-order valence-electron chi connectivity index (χ4n) is 3.55. The second-order valence-electron chi connectivity index (χ2n) is 7.00. The van der Waals surface area contributed by atoms with Gasteiger partial charge in [-0.3, -0.25) is 0 Å². The highest BCUT2D eigenvalue weighted by Crippen LogP contribution is 2.36. The van der Waals surface area contributed by atoms with Crippen molar-refractivity contribution in [2.45, 2.75) is 70.6 Å². The molecule has 0 aromatic carbocycles. The summed E-state index contributed by atoms with van der Waals surface area (Å²) in [5.74, 6) is -0.408. The summed E-state index contributed by atoms with van der Waals surface area (Å²) in [5, 5.41) is 0. The van der Waals surface area contributed by atoms with Gasteiger partial charge < -0.3 is 4.74 Å². The highest BCUT2D eigenvalue weighted by Gasteiger charge is 2.30. The van der Waals surface area contributed by atoms with Gasteiger partial charge in [0, 0.05) is 12.5 Å². The Morgan fingerprint density at radius 2 is 1.59 bits per heavy atom. The van der Waals surface area contributed by atoms with E-state index < -0.39 is 17.9 Å². The SMILES string of the molecule is CC1CCC(OCC2CCC(/C(F)=C/C(F)(F)F)CC2)CC1. The van der Waals surface area contributed by atoms with Crippen molar-refractivity contribution < 1.29 is 22.3 Å². The lowest BCUT2D eigenvalue weighted by atomic mass is 9.81. The van der Waals surface area contributed by atoms with Crippen LogP contribution in [0.5, 0.6) is 0 Å². The Hall–Kier alpha value is -0.580. The van der Waals surface area contributed by atoms with E-state index in [0.717, 1.165) is 31.6 Å². The maximum absolute atomic E-state index is 13.5.